The molecule has 0 bridgehead atoms. The molecular weight excluding hydrogens is 774 g/mol. The molecule has 3 amide bonds. The topological polar surface area (TPSA) is 175 Å². The lowest BCUT2D eigenvalue weighted by Crippen LogP contribution is -2.23. The van der Waals surface area contributed by atoms with Crippen molar-refractivity contribution in [1.29, 1.82) is 0 Å². The minimum atomic E-state index is -1.00. The molecule has 4 heterocycles. The highest BCUT2D eigenvalue weighted by molar-refractivity contribution is 6.07. The van der Waals surface area contributed by atoms with E-state index >= 15 is 0 Å². The van der Waals surface area contributed by atoms with Gasteiger partial charge in [-0.25, -0.2) is 28.1 Å². The van der Waals surface area contributed by atoms with Gasteiger partial charge in [0.2, 0.25) is 5.91 Å². The average Bonchev–Trinajstić information content (AvgIpc) is 3.89. The molecule has 0 fully saturated rings. The first-order valence-electron chi connectivity index (χ1n) is 18.5. The van der Waals surface area contributed by atoms with E-state index in [1.807, 2.05) is 18.2 Å². The molecule has 0 unspecified atom stereocenters. The molecule has 0 radical (unpaired) electrons. The Kier molecular flexibility index (Phi) is 13.9. The van der Waals surface area contributed by atoms with Gasteiger partial charge < -0.3 is 21.7 Å². The van der Waals surface area contributed by atoms with Crippen LogP contribution >= 0.6 is 0 Å². The van der Waals surface area contributed by atoms with Crippen molar-refractivity contribution in [3.63, 3.8) is 0 Å². The zero-order valence-corrected chi connectivity index (χ0v) is 31.4. The zero-order chi connectivity index (χ0) is 42.6. The van der Waals surface area contributed by atoms with Crippen LogP contribution in [0.5, 0.6) is 0 Å². The number of halogens is 3. The van der Waals surface area contributed by atoms with Gasteiger partial charge in [-0.05, 0) is 96.1 Å². The summed E-state index contributed by atoms with van der Waals surface area (Å²) < 4.78 is 45.2. The van der Waals surface area contributed by atoms with Crippen molar-refractivity contribution in [2.45, 2.75) is 27.4 Å². The molecule has 0 aliphatic rings. The van der Waals surface area contributed by atoms with Crippen molar-refractivity contribution < 1.29 is 28.9 Å². The van der Waals surface area contributed by atoms with Gasteiger partial charge in [0, 0.05) is 43.2 Å². The number of aromatic nitrogens is 6. The maximum Gasteiger partial charge on any atom is 0.252 e. The van der Waals surface area contributed by atoms with E-state index in [1.54, 1.807) is 101 Å². The largest absolute Gasteiger partial charge is 0.384 e. The summed E-state index contributed by atoms with van der Waals surface area (Å²) in [7, 11) is -1.00. The highest BCUT2D eigenvalue weighted by atomic mass is 19.1. The number of carbonyl (C=O) groups is 3. The highest BCUT2D eigenvalue weighted by Gasteiger charge is 2.16. The Hall–Kier alpha value is -7.88. The second-order valence-corrected chi connectivity index (χ2v) is 12.7. The molecule has 0 saturated carbocycles. The molecule has 8 rings (SSSR count). The zero-order valence-electron chi connectivity index (χ0n) is 32.4. The number of alkyl halides is 1. The minimum absolute atomic E-state index is 0. The number of amides is 3. The average molecular weight is 816 g/mol. The van der Waals surface area contributed by atoms with E-state index in [0.717, 1.165) is 33.2 Å². The summed E-state index contributed by atoms with van der Waals surface area (Å²) in [6, 6.07) is 29.8. The quantitative estimate of drug-likeness (QED) is 0.114. The standard InChI is InChI=1S/C22H18FN5O2.C20H16FN5O.CH3F.CH4/c1-14(29)27-21-10-5-15(11-24-21)12-25-22(30)18-3-2-4-20-19(18)13-26-28(20)17-8-6-16(23)7-9-17;21-14-5-7-15(8-6-14)26-18-3-1-2-16(17(18)12-25-26)20(27)24-11-13-4-9-19(22)23-10-13;1-2;/h2-11,13H,12H2,1H3,(H,25,30)(H,24,27,29);1-10,12H,11H2,(H2,22,23)(H,24,27);1H3;1H4/i;;1D;. The number of rotatable bonds is 9. The van der Waals surface area contributed by atoms with E-state index in [9.17, 15) is 27.6 Å². The number of nitrogens with one attached hydrogen (secondary N) is 3. The van der Waals surface area contributed by atoms with Gasteiger partial charge in [0.1, 0.15) is 23.3 Å². The van der Waals surface area contributed by atoms with Crippen LogP contribution in [-0.4, -0.2) is 54.4 Å². The molecule has 4 aromatic carbocycles. The number of carbonyl (C=O) groups excluding carboxylic acids is 3. The third-order valence-corrected chi connectivity index (χ3v) is 8.74. The van der Waals surface area contributed by atoms with Crippen molar-refractivity contribution >= 4 is 51.2 Å². The molecule has 0 spiro atoms. The lowest BCUT2D eigenvalue weighted by molar-refractivity contribution is -0.114. The van der Waals surface area contributed by atoms with E-state index in [0.29, 0.717) is 40.4 Å². The van der Waals surface area contributed by atoms with Crippen molar-refractivity contribution in [2.24, 2.45) is 0 Å². The van der Waals surface area contributed by atoms with Gasteiger partial charge in [-0.1, -0.05) is 31.7 Å². The molecule has 8 aromatic rings. The maximum absolute atomic E-state index is 13.2. The molecule has 60 heavy (non-hydrogen) atoms. The van der Waals surface area contributed by atoms with Gasteiger partial charge in [0.05, 0.1) is 54.5 Å². The van der Waals surface area contributed by atoms with Crippen LogP contribution in [-0.2, 0) is 17.9 Å². The van der Waals surface area contributed by atoms with E-state index in [4.69, 9.17) is 7.10 Å². The second kappa shape index (κ2) is 20.0. The lowest BCUT2D eigenvalue weighted by atomic mass is 10.1. The predicted octanol–water partition coefficient (Wildman–Crippen LogP) is 7.74. The van der Waals surface area contributed by atoms with Gasteiger partial charge in [-0.2, -0.15) is 10.2 Å². The Labute approximate surface area is 344 Å². The third-order valence-electron chi connectivity index (χ3n) is 8.74. The van der Waals surface area contributed by atoms with Crippen LogP contribution in [0.1, 0.15) is 47.6 Å². The van der Waals surface area contributed by atoms with Crippen LogP contribution in [0, 0.1) is 11.6 Å². The smallest absolute Gasteiger partial charge is 0.252 e. The van der Waals surface area contributed by atoms with E-state index in [-0.39, 0.29) is 43.3 Å². The maximum atomic E-state index is 13.2. The van der Waals surface area contributed by atoms with E-state index in [1.165, 1.54) is 31.2 Å². The van der Waals surface area contributed by atoms with Crippen molar-refractivity contribution in [2.75, 3.05) is 18.2 Å². The Morgan fingerprint density at radius 3 is 1.50 bits per heavy atom. The summed E-state index contributed by atoms with van der Waals surface area (Å²) in [5, 5.41) is 18.5. The predicted molar refractivity (Wildman–Crippen MR) is 225 cm³/mol. The fourth-order valence-corrected chi connectivity index (χ4v) is 5.95. The summed E-state index contributed by atoms with van der Waals surface area (Å²) in [4.78, 5) is 44.6. The summed E-state index contributed by atoms with van der Waals surface area (Å²) in [6.07, 6.45) is 6.48. The van der Waals surface area contributed by atoms with E-state index < -0.39 is 7.15 Å². The number of benzene rings is 4. The number of pyridine rings is 2. The molecular formula is C44H41F3N10O3. The Morgan fingerprint density at radius 1 is 0.650 bits per heavy atom. The number of nitrogens with two attached hydrogens (primary N) is 1. The van der Waals surface area contributed by atoms with Gasteiger partial charge in [-0.15, -0.1) is 0 Å². The summed E-state index contributed by atoms with van der Waals surface area (Å²) in [6.45, 7) is 2.04. The monoisotopic (exact) mass is 815 g/mol. The molecule has 0 atom stereocenters. The van der Waals surface area contributed by atoms with Crippen LogP contribution in [0.2, 0.25) is 0 Å². The highest BCUT2D eigenvalue weighted by Crippen LogP contribution is 2.24. The summed E-state index contributed by atoms with van der Waals surface area (Å²) in [5.41, 5.74) is 11.2. The Morgan fingerprint density at radius 2 is 1.10 bits per heavy atom. The fourth-order valence-electron chi connectivity index (χ4n) is 5.95. The van der Waals surface area contributed by atoms with Crippen LogP contribution < -0.4 is 21.7 Å². The van der Waals surface area contributed by atoms with Crippen LogP contribution in [0.3, 0.4) is 0 Å². The third kappa shape index (κ3) is 10.3. The fraction of sp³-hybridized carbons (Fsp3) is 0.114. The molecule has 4 aromatic heterocycles. The molecule has 5 N–H and O–H groups in total. The number of hydrogen-bond acceptors (Lipinski definition) is 8. The van der Waals surface area contributed by atoms with Crippen LogP contribution in [0.25, 0.3) is 33.2 Å². The molecule has 0 saturated heterocycles. The Bertz CT molecular complexity index is 2730. The first kappa shape index (κ1) is 41.7. The molecule has 13 nitrogen and oxygen atoms in total. The van der Waals surface area contributed by atoms with Gasteiger partial charge in [-0.3, -0.25) is 18.8 Å². The van der Waals surface area contributed by atoms with Gasteiger partial charge in [0.25, 0.3) is 11.8 Å². The minimum Gasteiger partial charge on any atom is -0.384 e. The van der Waals surface area contributed by atoms with Gasteiger partial charge in [0.15, 0.2) is 0 Å². The molecule has 0 aliphatic carbocycles. The molecule has 0 aliphatic heterocycles. The normalized spacial score (nSPS) is 10.6. The Balaban J connectivity index is 0.000000215. The summed E-state index contributed by atoms with van der Waals surface area (Å²) in [5.74, 6) is -0.403. The van der Waals surface area contributed by atoms with Crippen molar-refractivity contribution in [3.05, 3.63) is 168 Å². The number of fused-ring (bicyclic) bond motifs is 2. The molecule has 306 valence electrons. The number of nitrogens with zero attached hydrogens (tertiary/aromatic N) is 6. The SMILES string of the molecule is C.CC(=O)Nc1ccc(CNC(=O)c2cccc3c2cnn3-c2ccc(F)cc2)cn1.Nc1ccc(CNC(=O)c2cccc3c2cnn3-c2ccc(F)cc2)cn1.[2H]CF. The lowest BCUT2D eigenvalue weighted by Gasteiger charge is -2.08. The summed E-state index contributed by atoms with van der Waals surface area (Å²) >= 11 is 0. The van der Waals surface area contributed by atoms with Crippen molar-refractivity contribution in [3.8, 4) is 11.4 Å². The molecule has 16 heteroatoms. The second-order valence-electron chi connectivity index (χ2n) is 12.7. The number of anilines is 2. The van der Waals surface area contributed by atoms with E-state index in [2.05, 4.69) is 36.1 Å². The van der Waals surface area contributed by atoms with Crippen molar-refractivity contribution in [1.82, 2.24) is 40.2 Å². The van der Waals surface area contributed by atoms with Crippen LogP contribution in [0.4, 0.5) is 24.8 Å². The van der Waals surface area contributed by atoms with Gasteiger partial charge >= 0.3 is 0 Å². The first-order valence-corrected chi connectivity index (χ1v) is 17.8. The first-order chi connectivity index (χ1) is 29.0. The number of hydrogen-bond donors (Lipinski definition) is 4. The van der Waals surface area contributed by atoms with Crippen LogP contribution in [0.15, 0.2) is 134 Å². The number of nitrogen functional groups attached to an aromatic ring is 1.